The molecule has 2 heterocycles. The molecule has 1 unspecified atom stereocenters. The number of pyridine rings is 1. The minimum Gasteiger partial charge on any atom is -0.342 e. The van der Waals surface area contributed by atoms with Crippen molar-refractivity contribution in [2.45, 2.75) is 31.5 Å². The molecule has 0 bridgehead atoms. The number of nitrogens with one attached hydrogen (secondary N) is 1. The molecule has 1 aliphatic rings. The van der Waals surface area contributed by atoms with Gasteiger partial charge in [-0.1, -0.05) is 24.3 Å². The summed E-state index contributed by atoms with van der Waals surface area (Å²) in [4.78, 5) is 24.9. The fourth-order valence-corrected chi connectivity index (χ4v) is 3.54. The Hall–Kier alpha value is -3.29. The molecule has 1 aliphatic carbocycles. The predicted molar refractivity (Wildman–Crippen MR) is 99.9 cm³/mol. The Morgan fingerprint density at radius 3 is 2.69 bits per heavy atom. The van der Waals surface area contributed by atoms with E-state index in [4.69, 9.17) is 0 Å². The van der Waals surface area contributed by atoms with Crippen LogP contribution in [0.25, 0.3) is 11.3 Å². The number of aryl methyl sites for hydroxylation is 1. The van der Waals surface area contributed by atoms with Crippen LogP contribution < -0.4 is 5.32 Å². The van der Waals surface area contributed by atoms with E-state index in [1.165, 1.54) is 30.7 Å². The van der Waals surface area contributed by atoms with Crippen LogP contribution in [0.5, 0.6) is 0 Å². The van der Waals surface area contributed by atoms with Crippen LogP contribution in [0.15, 0.2) is 55.0 Å². The molecule has 5 nitrogen and oxygen atoms in total. The van der Waals surface area contributed by atoms with Gasteiger partial charge in [-0.3, -0.25) is 14.8 Å². The Labute approximate surface area is 165 Å². The zero-order chi connectivity index (χ0) is 20.4. The van der Waals surface area contributed by atoms with Crippen molar-refractivity contribution in [3.8, 4) is 11.3 Å². The Balaban J connectivity index is 1.69. The molecular weight excluding hydrogens is 381 g/mol. The number of carbonyl (C=O) groups excluding carboxylic acids is 1. The van der Waals surface area contributed by atoms with E-state index in [0.717, 1.165) is 24.5 Å². The Kier molecular flexibility index (Phi) is 5.00. The van der Waals surface area contributed by atoms with Gasteiger partial charge in [0.1, 0.15) is 5.69 Å². The molecule has 1 N–H and O–H groups in total. The number of carbonyl (C=O) groups is 1. The molecule has 0 fully saturated rings. The molecule has 1 atom stereocenters. The maximum Gasteiger partial charge on any atom is 0.417 e. The van der Waals surface area contributed by atoms with E-state index in [-0.39, 0.29) is 22.9 Å². The molecule has 8 heteroatoms. The second kappa shape index (κ2) is 7.62. The van der Waals surface area contributed by atoms with Crippen molar-refractivity contribution in [1.82, 2.24) is 20.3 Å². The second-order valence-corrected chi connectivity index (χ2v) is 6.79. The van der Waals surface area contributed by atoms with Crippen molar-refractivity contribution >= 4 is 5.91 Å². The number of hydrogen-bond donors (Lipinski definition) is 1. The second-order valence-electron chi connectivity index (χ2n) is 6.79. The van der Waals surface area contributed by atoms with Gasteiger partial charge in [-0.2, -0.15) is 13.2 Å². The topological polar surface area (TPSA) is 67.8 Å². The Morgan fingerprint density at radius 1 is 1.10 bits per heavy atom. The standard InChI is InChI=1S/C21H17F3N4O/c22-21(23,24)15-6-2-1-5-14(15)16-9-8-13-4-3-7-17(19(13)27-16)28-20(29)18-12-25-10-11-26-18/h1-2,5-6,8-12,17H,3-4,7H2,(H,28,29). The highest BCUT2D eigenvalue weighted by molar-refractivity contribution is 5.92. The monoisotopic (exact) mass is 398 g/mol. The SMILES string of the molecule is O=C(NC1CCCc2ccc(-c3ccccc3C(F)(F)F)nc21)c1cnccn1. The van der Waals surface area contributed by atoms with Crippen molar-refractivity contribution in [1.29, 1.82) is 0 Å². The lowest BCUT2D eigenvalue weighted by Gasteiger charge is -2.26. The number of rotatable bonds is 3. The number of amides is 1. The maximum absolute atomic E-state index is 13.4. The molecule has 0 aliphatic heterocycles. The third-order valence-corrected chi connectivity index (χ3v) is 4.89. The van der Waals surface area contributed by atoms with E-state index < -0.39 is 17.8 Å². The lowest BCUT2D eigenvalue weighted by Crippen LogP contribution is -2.32. The summed E-state index contributed by atoms with van der Waals surface area (Å²) in [5, 5.41) is 2.89. The molecule has 3 aromatic rings. The minimum atomic E-state index is -4.48. The van der Waals surface area contributed by atoms with E-state index in [2.05, 4.69) is 20.3 Å². The third-order valence-electron chi connectivity index (χ3n) is 4.89. The molecule has 0 saturated heterocycles. The van der Waals surface area contributed by atoms with Gasteiger partial charge in [0.15, 0.2) is 0 Å². The summed E-state index contributed by atoms with van der Waals surface area (Å²) in [6.07, 6.45) is 2.04. The van der Waals surface area contributed by atoms with Gasteiger partial charge in [-0.15, -0.1) is 0 Å². The fraction of sp³-hybridized carbons (Fsp3) is 0.238. The predicted octanol–water partition coefficient (Wildman–Crippen LogP) is 4.36. The first-order chi connectivity index (χ1) is 13.9. The quantitative estimate of drug-likeness (QED) is 0.712. The lowest BCUT2D eigenvalue weighted by atomic mass is 9.90. The van der Waals surface area contributed by atoms with E-state index in [0.29, 0.717) is 12.1 Å². The number of alkyl halides is 3. The highest BCUT2D eigenvalue weighted by Crippen LogP contribution is 2.37. The number of hydrogen-bond acceptors (Lipinski definition) is 4. The highest BCUT2D eigenvalue weighted by Gasteiger charge is 2.34. The van der Waals surface area contributed by atoms with Crippen LogP contribution in [0.4, 0.5) is 13.2 Å². The smallest absolute Gasteiger partial charge is 0.342 e. The van der Waals surface area contributed by atoms with Crippen molar-refractivity contribution in [2.75, 3.05) is 0 Å². The van der Waals surface area contributed by atoms with Gasteiger partial charge in [0.25, 0.3) is 5.91 Å². The van der Waals surface area contributed by atoms with Gasteiger partial charge in [0, 0.05) is 18.0 Å². The van der Waals surface area contributed by atoms with Gasteiger partial charge < -0.3 is 5.32 Å². The van der Waals surface area contributed by atoms with E-state index in [9.17, 15) is 18.0 Å². The average molecular weight is 398 g/mol. The Morgan fingerprint density at radius 2 is 1.93 bits per heavy atom. The number of aromatic nitrogens is 3. The van der Waals surface area contributed by atoms with Crippen molar-refractivity contribution in [3.05, 3.63) is 77.5 Å². The molecule has 0 saturated carbocycles. The first kappa shape index (κ1) is 19.0. The average Bonchev–Trinajstić information content (AvgIpc) is 2.74. The van der Waals surface area contributed by atoms with E-state index in [1.54, 1.807) is 18.2 Å². The van der Waals surface area contributed by atoms with Crippen LogP contribution >= 0.6 is 0 Å². The Bertz CT molecular complexity index is 1040. The van der Waals surface area contributed by atoms with Crippen LogP contribution in [0.2, 0.25) is 0 Å². The minimum absolute atomic E-state index is 0.0207. The van der Waals surface area contributed by atoms with Gasteiger partial charge >= 0.3 is 6.18 Å². The molecule has 2 aromatic heterocycles. The van der Waals surface area contributed by atoms with Crippen molar-refractivity contribution in [3.63, 3.8) is 0 Å². The summed E-state index contributed by atoms with van der Waals surface area (Å²) in [6, 6.07) is 8.37. The largest absolute Gasteiger partial charge is 0.417 e. The zero-order valence-electron chi connectivity index (χ0n) is 15.3. The van der Waals surface area contributed by atoms with Gasteiger partial charge in [0.2, 0.25) is 0 Å². The van der Waals surface area contributed by atoms with Crippen LogP contribution in [-0.2, 0) is 12.6 Å². The van der Waals surface area contributed by atoms with Crippen LogP contribution in [0.1, 0.15) is 46.2 Å². The maximum atomic E-state index is 13.4. The normalized spacial score (nSPS) is 16.2. The molecule has 148 valence electrons. The van der Waals surface area contributed by atoms with Crippen LogP contribution in [0.3, 0.4) is 0 Å². The summed E-state index contributed by atoms with van der Waals surface area (Å²) < 4.78 is 40.2. The number of halogens is 3. The molecule has 1 aromatic carbocycles. The molecular formula is C21H17F3N4O. The summed E-state index contributed by atoms with van der Waals surface area (Å²) in [6.45, 7) is 0. The van der Waals surface area contributed by atoms with E-state index in [1.807, 2.05) is 0 Å². The summed E-state index contributed by atoms with van der Waals surface area (Å²) in [5.74, 6) is -0.390. The van der Waals surface area contributed by atoms with Gasteiger partial charge in [0.05, 0.1) is 29.2 Å². The molecule has 0 spiro atoms. The van der Waals surface area contributed by atoms with Gasteiger partial charge in [-0.25, -0.2) is 4.98 Å². The van der Waals surface area contributed by atoms with Crippen molar-refractivity contribution < 1.29 is 18.0 Å². The third kappa shape index (κ3) is 3.96. The van der Waals surface area contributed by atoms with Gasteiger partial charge in [-0.05, 0) is 37.0 Å². The molecule has 29 heavy (non-hydrogen) atoms. The summed E-state index contributed by atoms with van der Waals surface area (Å²) in [5.41, 5.74) is 1.23. The number of fused-ring (bicyclic) bond motifs is 1. The molecule has 1 amide bonds. The first-order valence-electron chi connectivity index (χ1n) is 9.17. The summed E-state index contributed by atoms with van der Waals surface area (Å²) >= 11 is 0. The van der Waals surface area contributed by atoms with Crippen LogP contribution in [-0.4, -0.2) is 20.9 Å². The van der Waals surface area contributed by atoms with Crippen LogP contribution in [0, 0.1) is 0 Å². The number of benzene rings is 1. The molecule has 0 radical (unpaired) electrons. The molecule has 4 rings (SSSR count). The summed E-state index contributed by atoms with van der Waals surface area (Å²) in [7, 11) is 0. The lowest BCUT2D eigenvalue weighted by molar-refractivity contribution is -0.137. The van der Waals surface area contributed by atoms with E-state index >= 15 is 0 Å². The highest BCUT2D eigenvalue weighted by atomic mass is 19.4. The first-order valence-corrected chi connectivity index (χ1v) is 9.17. The fourth-order valence-electron chi connectivity index (χ4n) is 3.54. The zero-order valence-corrected chi connectivity index (χ0v) is 15.3. The number of nitrogens with zero attached hydrogens (tertiary/aromatic N) is 3. The van der Waals surface area contributed by atoms with Crippen molar-refractivity contribution in [2.24, 2.45) is 0 Å².